The smallest absolute Gasteiger partial charge is 0.335 e. The van der Waals surface area contributed by atoms with E-state index in [0.29, 0.717) is 5.02 Å². The number of benzene rings is 2. The van der Waals surface area contributed by atoms with Crippen molar-refractivity contribution in [3.63, 3.8) is 0 Å². The Morgan fingerprint density at radius 1 is 1.18 bits per heavy atom. The van der Waals surface area contributed by atoms with Crippen molar-refractivity contribution in [3.05, 3.63) is 70.2 Å². The summed E-state index contributed by atoms with van der Waals surface area (Å²) in [6, 6.07) is 15.4. The van der Waals surface area contributed by atoms with Crippen LogP contribution in [-0.4, -0.2) is 11.1 Å². The van der Waals surface area contributed by atoms with E-state index in [0.717, 1.165) is 17.5 Å². The first-order valence-corrected chi connectivity index (χ1v) is 5.51. The largest absolute Gasteiger partial charge is 0.478 e. The summed E-state index contributed by atoms with van der Waals surface area (Å²) in [5.74, 6) is -0.931. The third-order valence-corrected chi connectivity index (χ3v) is 2.68. The average Bonchev–Trinajstić information content (AvgIpc) is 2.33. The van der Waals surface area contributed by atoms with E-state index >= 15 is 0 Å². The van der Waals surface area contributed by atoms with Gasteiger partial charge in [0.05, 0.1) is 5.56 Å². The number of hydrogen-bond donors (Lipinski definition) is 1. The van der Waals surface area contributed by atoms with Crippen LogP contribution in [0, 0.1) is 6.07 Å². The Hall–Kier alpha value is -1.80. The summed E-state index contributed by atoms with van der Waals surface area (Å²) in [5.41, 5.74) is 2.33. The fraction of sp³-hybridized carbons (Fsp3) is 0.0714. The summed E-state index contributed by atoms with van der Waals surface area (Å²) >= 11 is 5.80. The van der Waals surface area contributed by atoms with Crippen LogP contribution in [0.15, 0.2) is 42.5 Å². The second-order valence-corrected chi connectivity index (χ2v) is 4.15. The highest BCUT2D eigenvalue weighted by Crippen LogP contribution is 2.14. The Morgan fingerprint density at radius 2 is 1.88 bits per heavy atom. The van der Waals surface area contributed by atoms with Crippen molar-refractivity contribution in [2.75, 3.05) is 0 Å². The molecule has 0 aliphatic carbocycles. The van der Waals surface area contributed by atoms with Crippen LogP contribution >= 0.6 is 11.6 Å². The molecule has 17 heavy (non-hydrogen) atoms. The number of hydrogen-bond acceptors (Lipinski definition) is 1. The molecule has 0 aliphatic heterocycles. The Balaban J connectivity index is 2.13. The van der Waals surface area contributed by atoms with Gasteiger partial charge in [-0.15, -0.1) is 0 Å². The topological polar surface area (TPSA) is 37.3 Å². The fourth-order valence-corrected chi connectivity index (χ4v) is 1.65. The van der Waals surface area contributed by atoms with Crippen LogP contribution in [0.5, 0.6) is 0 Å². The molecule has 0 saturated carbocycles. The van der Waals surface area contributed by atoms with E-state index in [1.54, 1.807) is 12.1 Å². The quantitative estimate of drug-likeness (QED) is 0.900. The van der Waals surface area contributed by atoms with Crippen LogP contribution in [0.25, 0.3) is 0 Å². The molecule has 0 heterocycles. The SMILES string of the molecule is O=C(O)c1c[c]c(Cc2ccc(Cl)cc2)cc1. The molecule has 0 bridgehead atoms. The number of halogens is 1. The van der Waals surface area contributed by atoms with Gasteiger partial charge in [0.2, 0.25) is 0 Å². The van der Waals surface area contributed by atoms with Gasteiger partial charge in [-0.05, 0) is 47.9 Å². The zero-order valence-electron chi connectivity index (χ0n) is 8.98. The molecule has 0 atom stereocenters. The molecule has 0 amide bonds. The van der Waals surface area contributed by atoms with Gasteiger partial charge in [0.1, 0.15) is 0 Å². The highest BCUT2D eigenvalue weighted by atomic mass is 35.5. The van der Waals surface area contributed by atoms with Crippen molar-refractivity contribution in [2.24, 2.45) is 0 Å². The van der Waals surface area contributed by atoms with Crippen LogP contribution in [-0.2, 0) is 6.42 Å². The summed E-state index contributed by atoms with van der Waals surface area (Å²) in [6.07, 6.45) is 0.719. The van der Waals surface area contributed by atoms with E-state index in [9.17, 15) is 4.79 Å². The lowest BCUT2D eigenvalue weighted by Crippen LogP contribution is -1.96. The number of carbonyl (C=O) groups is 1. The van der Waals surface area contributed by atoms with Gasteiger partial charge in [-0.25, -0.2) is 4.79 Å². The number of carboxylic acids is 1. The first-order valence-electron chi connectivity index (χ1n) is 5.13. The van der Waals surface area contributed by atoms with E-state index in [1.165, 1.54) is 6.07 Å². The summed E-state index contributed by atoms with van der Waals surface area (Å²) in [6.45, 7) is 0. The third-order valence-electron chi connectivity index (χ3n) is 2.43. The van der Waals surface area contributed by atoms with Gasteiger partial charge in [-0.1, -0.05) is 29.8 Å². The van der Waals surface area contributed by atoms with E-state index in [-0.39, 0.29) is 5.56 Å². The highest BCUT2D eigenvalue weighted by Gasteiger charge is 2.02. The molecule has 85 valence electrons. The lowest BCUT2D eigenvalue weighted by atomic mass is 10.0. The monoisotopic (exact) mass is 245 g/mol. The van der Waals surface area contributed by atoms with E-state index in [4.69, 9.17) is 16.7 Å². The minimum absolute atomic E-state index is 0.254. The number of aromatic carboxylic acids is 1. The predicted molar refractivity (Wildman–Crippen MR) is 66.5 cm³/mol. The second kappa shape index (κ2) is 5.02. The summed E-state index contributed by atoms with van der Waals surface area (Å²) in [5, 5.41) is 9.47. The van der Waals surface area contributed by atoms with Gasteiger partial charge in [0, 0.05) is 5.02 Å². The van der Waals surface area contributed by atoms with E-state index in [2.05, 4.69) is 6.07 Å². The molecule has 2 aromatic carbocycles. The van der Waals surface area contributed by atoms with Crippen LogP contribution in [0.4, 0.5) is 0 Å². The second-order valence-electron chi connectivity index (χ2n) is 3.71. The zero-order valence-corrected chi connectivity index (χ0v) is 9.74. The summed E-state index contributed by atoms with van der Waals surface area (Å²) in [7, 11) is 0. The van der Waals surface area contributed by atoms with Gasteiger partial charge >= 0.3 is 5.97 Å². The van der Waals surface area contributed by atoms with Gasteiger partial charge in [-0.3, -0.25) is 0 Å². The molecule has 0 saturated heterocycles. The minimum Gasteiger partial charge on any atom is -0.478 e. The van der Waals surface area contributed by atoms with Gasteiger partial charge in [0.25, 0.3) is 0 Å². The number of rotatable bonds is 3. The van der Waals surface area contributed by atoms with Crippen LogP contribution in [0.3, 0.4) is 0 Å². The molecule has 3 heteroatoms. The first kappa shape index (κ1) is 11.7. The molecular weight excluding hydrogens is 236 g/mol. The van der Waals surface area contributed by atoms with E-state index < -0.39 is 5.97 Å². The normalized spacial score (nSPS) is 10.2. The Labute approximate surface area is 104 Å². The van der Waals surface area contributed by atoms with Crippen LogP contribution < -0.4 is 0 Å². The predicted octanol–water partition coefficient (Wildman–Crippen LogP) is 3.43. The standard InChI is InChI=1S/C14H10ClO2/c15-13-7-3-11(4-8-13)9-10-1-5-12(6-2-10)14(16)17/h1,3-8H,9H2,(H,16,17). The maximum atomic E-state index is 10.7. The first-order chi connectivity index (χ1) is 8.15. The van der Waals surface area contributed by atoms with Gasteiger partial charge < -0.3 is 5.11 Å². The van der Waals surface area contributed by atoms with Crippen molar-refractivity contribution in [3.8, 4) is 0 Å². The Morgan fingerprint density at radius 3 is 2.41 bits per heavy atom. The molecule has 1 N–H and O–H groups in total. The molecule has 0 aromatic heterocycles. The molecule has 0 fully saturated rings. The molecule has 0 unspecified atom stereocenters. The Bertz CT molecular complexity index is 515. The van der Waals surface area contributed by atoms with Crippen LogP contribution in [0.1, 0.15) is 21.5 Å². The molecule has 2 aromatic rings. The molecule has 2 nitrogen and oxygen atoms in total. The van der Waals surface area contributed by atoms with Gasteiger partial charge in [0.15, 0.2) is 0 Å². The summed E-state index contributed by atoms with van der Waals surface area (Å²) in [4.78, 5) is 10.7. The maximum absolute atomic E-state index is 10.7. The van der Waals surface area contributed by atoms with E-state index in [1.807, 2.05) is 24.3 Å². The lowest BCUT2D eigenvalue weighted by Gasteiger charge is -2.02. The number of carboxylic acid groups (broad SMARTS) is 1. The molecule has 1 radical (unpaired) electrons. The van der Waals surface area contributed by atoms with Crippen LogP contribution in [0.2, 0.25) is 5.02 Å². The Kier molecular flexibility index (Phi) is 3.45. The minimum atomic E-state index is -0.931. The maximum Gasteiger partial charge on any atom is 0.335 e. The zero-order chi connectivity index (χ0) is 12.3. The van der Waals surface area contributed by atoms with Crippen molar-refractivity contribution in [1.82, 2.24) is 0 Å². The molecular formula is C14H10ClO2. The van der Waals surface area contributed by atoms with Crippen molar-refractivity contribution < 1.29 is 9.90 Å². The molecule has 0 aliphatic rings. The van der Waals surface area contributed by atoms with Crippen molar-refractivity contribution in [1.29, 1.82) is 0 Å². The lowest BCUT2D eigenvalue weighted by molar-refractivity contribution is 0.0697. The highest BCUT2D eigenvalue weighted by molar-refractivity contribution is 6.30. The van der Waals surface area contributed by atoms with Gasteiger partial charge in [-0.2, -0.15) is 0 Å². The molecule has 2 rings (SSSR count). The van der Waals surface area contributed by atoms with Crippen molar-refractivity contribution in [2.45, 2.75) is 6.42 Å². The average molecular weight is 246 g/mol. The fourth-order valence-electron chi connectivity index (χ4n) is 1.52. The molecule has 0 spiro atoms. The summed E-state index contributed by atoms with van der Waals surface area (Å²) < 4.78 is 0. The third kappa shape index (κ3) is 3.08. The van der Waals surface area contributed by atoms with Crippen molar-refractivity contribution >= 4 is 17.6 Å².